The summed E-state index contributed by atoms with van der Waals surface area (Å²) in [6.45, 7) is 4.21. The first-order valence-electron chi connectivity index (χ1n) is 6.61. The lowest BCUT2D eigenvalue weighted by atomic mass is 10.0. The van der Waals surface area contributed by atoms with E-state index in [1.54, 1.807) is 23.5 Å². The van der Waals surface area contributed by atoms with Crippen LogP contribution in [0.3, 0.4) is 0 Å². The predicted molar refractivity (Wildman–Crippen MR) is 89.5 cm³/mol. The quantitative estimate of drug-likeness (QED) is 0.712. The number of hydrogen-bond acceptors (Lipinski definition) is 4. The van der Waals surface area contributed by atoms with Gasteiger partial charge in [-0.25, -0.2) is 0 Å². The van der Waals surface area contributed by atoms with Crippen LogP contribution in [0.1, 0.15) is 42.7 Å². The van der Waals surface area contributed by atoms with Crippen LogP contribution in [0.4, 0.5) is 0 Å². The largest absolute Gasteiger partial charge is 0.481 e. The Balaban J connectivity index is 2.87. The average Bonchev–Trinajstić information content (AvgIpc) is 2.45. The molecule has 1 aromatic carbocycles. The third-order valence-corrected chi connectivity index (χ3v) is 5.15. The Bertz CT molecular complexity index is 422. The zero-order valence-electron chi connectivity index (χ0n) is 12.4. The molecule has 2 N–H and O–H groups in total. The number of carbonyl (C=O) groups is 1. The van der Waals surface area contributed by atoms with Crippen LogP contribution in [0.15, 0.2) is 24.3 Å². The molecule has 0 amide bonds. The van der Waals surface area contributed by atoms with E-state index >= 15 is 0 Å². The van der Waals surface area contributed by atoms with E-state index in [0.717, 1.165) is 5.56 Å². The van der Waals surface area contributed by atoms with Crippen LogP contribution < -0.4 is 5.32 Å². The highest BCUT2D eigenvalue weighted by Crippen LogP contribution is 2.27. The van der Waals surface area contributed by atoms with Crippen LogP contribution in [-0.2, 0) is 4.79 Å². The number of benzene rings is 1. The zero-order chi connectivity index (χ0) is 15.1. The second-order valence-corrected chi connectivity index (χ2v) is 7.10. The number of thioether (sulfide) groups is 2. The molecule has 1 rings (SSSR count). The Morgan fingerprint density at radius 1 is 1.15 bits per heavy atom. The Morgan fingerprint density at radius 3 is 2.15 bits per heavy atom. The van der Waals surface area contributed by atoms with Gasteiger partial charge in [-0.2, -0.15) is 11.8 Å². The molecule has 0 aromatic heterocycles. The van der Waals surface area contributed by atoms with Gasteiger partial charge in [-0.05, 0) is 37.5 Å². The minimum absolute atomic E-state index is 0.0995. The van der Waals surface area contributed by atoms with Crippen LogP contribution in [0.2, 0.25) is 0 Å². The molecule has 3 atom stereocenters. The van der Waals surface area contributed by atoms with E-state index in [0.29, 0.717) is 5.25 Å². The summed E-state index contributed by atoms with van der Waals surface area (Å²) in [7, 11) is 0. The van der Waals surface area contributed by atoms with Crippen LogP contribution in [-0.4, -0.2) is 29.0 Å². The molecule has 20 heavy (non-hydrogen) atoms. The molecule has 5 heteroatoms. The molecule has 0 spiro atoms. The van der Waals surface area contributed by atoms with Gasteiger partial charge in [0.15, 0.2) is 0 Å². The van der Waals surface area contributed by atoms with Gasteiger partial charge >= 0.3 is 5.97 Å². The number of hydrogen-bond donors (Lipinski definition) is 2. The van der Waals surface area contributed by atoms with E-state index < -0.39 is 5.97 Å². The summed E-state index contributed by atoms with van der Waals surface area (Å²) in [5.74, 6) is -0.780. The fourth-order valence-electron chi connectivity index (χ4n) is 1.93. The Hall–Kier alpha value is -0.650. The van der Waals surface area contributed by atoms with Gasteiger partial charge in [-0.15, -0.1) is 11.8 Å². The van der Waals surface area contributed by atoms with E-state index in [-0.39, 0.29) is 17.8 Å². The third kappa shape index (κ3) is 5.38. The lowest BCUT2D eigenvalue weighted by Gasteiger charge is -2.22. The van der Waals surface area contributed by atoms with Gasteiger partial charge in [0, 0.05) is 11.3 Å². The van der Waals surface area contributed by atoms with Crippen LogP contribution >= 0.6 is 23.5 Å². The van der Waals surface area contributed by atoms with Crippen LogP contribution in [0.5, 0.6) is 0 Å². The summed E-state index contributed by atoms with van der Waals surface area (Å²) < 4.78 is 0. The highest BCUT2D eigenvalue weighted by molar-refractivity contribution is 7.99. The number of rotatable bonds is 8. The summed E-state index contributed by atoms with van der Waals surface area (Å²) in [4.78, 5) is 11.0. The van der Waals surface area contributed by atoms with Gasteiger partial charge in [0.05, 0.1) is 11.8 Å². The van der Waals surface area contributed by atoms with Crippen molar-refractivity contribution >= 4 is 29.5 Å². The molecule has 0 aliphatic heterocycles. The SMILES string of the molecule is CSC(C)NC(CC(=O)O)c1ccc(C(C)SC)cc1. The van der Waals surface area contributed by atoms with Gasteiger partial charge in [0.2, 0.25) is 0 Å². The Morgan fingerprint density at radius 2 is 1.70 bits per heavy atom. The Labute approximate surface area is 129 Å². The first kappa shape index (κ1) is 17.4. The van der Waals surface area contributed by atoms with Crippen molar-refractivity contribution in [1.82, 2.24) is 5.32 Å². The van der Waals surface area contributed by atoms with Gasteiger partial charge in [0.1, 0.15) is 0 Å². The molecule has 1 aromatic rings. The van der Waals surface area contributed by atoms with Crippen molar-refractivity contribution in [3.05, 3.63) is 35.4 Å². The maximum atomic E-state index is 11.0. The summed E-state index contributed by atoms with van der Waals surface area (Å²) in [6, 6.07) is 8.12. The number of carboxylic acid groups (broad SMARTS) is 1. The molecule has 0 bridgehead atoms. The minimum atomic E-state index is -0.780. The number of nitrogens with one attached hydrogen (secondary N) is 1. The summed E-state index contributed by atoms with van der Waals surface area (Å²) >= 11 is 3.48. The second-order valence-electron chi connectivity index (χ2n) is 4.74. The van der Waals surface area contributed by atoms with E-state index in [4.69, 9.17) is 5.11 Å². The molecule has 0 saturated heterocycles. The summed E-state index contributed by atoms with van der Waals surface area (Å²) in [6.07, 6.45) is 4.20. The monoisotopic (exact) mass is 313 g/mol. The maximum Gasteiger partial charge on any atom is 0.305 e. The normalized spacial score (nSPS) is 15.6. The molecule has 0 heterocycles. The highest BCUT2D eigenvalue weighted by atomic mass is 32.2. The molecule has 0 aliphatic carbocycles. The zero-order valence-corrected chi connectivity index (χ0v) is 14.1. The molecular weight excluding hydrogens is 290 g/mol. The van der Waals surface area contributed by atoms with Crippen LogP contribution in [0.25, 0.3) is 0 Å². The van der Waals surface area contributed by atoms with E-state index in [9.17, 15) is 4.79 Å². The van der Waals surface area contributed by atoms with E-state index in [2.05, 4.69) is 30.6 Å². The van der Waals surface area contributed by atoms with Gasteiger partial charge in [-0.3, -0.25) is 10.1 Å². The van der Waals surface area contributed by atoms with Crippen molar-refractivity contribution in [2.24, 2.45) is 0 Å². The fourth-order valence-corrected chi connectivity index (χ4v) is 2.66. The fraction of sp³-hybridized carbons (Fsp3) is 0.533. The lowest BCUT2D eigenvalue weighted by Crippen LogP contribution is -2.29. The van der Waals surface area contributed by atoms with E-state index in [1.165, 1.54) is 5.56 Å². The second kappa shape index (κ2) is 8.60. The lowest BCUT2D eigenvalue weighted by molar-refractivity contribution is -0.137. The Kier molecular flexibility index (Phi) is 7.48. The molecule has 112 valence electrons. The van der Waals surface area contributed by atoms with Gasteiger partial charge in [-0.1, -0.05) is 24.3 Å². The molecule has 3 unspecified atom stereocenters. The molecular formula is C15H23NO2S2. The van der Waals surface area contributed by atoms with E-state index in [1.807, 2.05) is 25.3 Å². The van der Waals surface area contributed by atoms with Crippen LogP contribution in [0, 0.1) is 0 Å². The van der Waals surface area contributed by atoms with Gasteiger partial charge < -0.3 is 5.11 Å². The van der Waals surface area contributed by atoms with Crippen molar-refractivity contribution in [3.63, 3.8) is 0 Å². The van der Waals surface area contributed by atoms with Crippen molar-refractivity contribution in [2.75, 3.05) is 12.5 Å². The third-order valence-electron chi connectivity index (χ3n) is 3.33. The van der Waals surface area contributed by atoms with Crippen molar-refractivity contribution in [1.29, 1.82) is 0 Å². The standard InChI is InChI=1S/C15H23NO2S2/c1-10(19-3)12-5-7-13(8-6-12)14(9-15(17)18)16-11(2)20-4/h5-8,10-11,14,16H,9H2,1-4H3,(H,17,18). The molecule has 0 fully saturated rings. The smallest absolute Gasteiger partial charge is 0.305 e. The maximum absolute atomic E-state index is 11.0. The predicted octanol–water partition coefficient (Wildman–Crippen LogP) is 3.93. The molecule has 0 radical (unpaired) electrons. The molecule has 0 aliphatic rings. The van der Waals surface area contributed by atoms with Crippen molar-refractivity contribution in [2.45, 2.75) is 36.9 Å². The summed E-state index contributed by atoms with van der Waals surface area (Å²) in [5.41, 5.74) is 2.30. The minimum Gasteiger partial charge on any atom is -0.481 e. The van der Waals surface area contributed by atoms with Crippen molar-refractivity contribution in [3.8, 4) is 0 Å². The average molecular weight is 313 g/mol. The first-order valence-corrected chi connectivity index (χ1v) is 9.18. The number of aliphatic carboxylic acids is 1. The first-order chi connectivity index (χ1) is 9.47. The number of carboxylic acids is 1. The molecule has 0 saturated carbocycles. The summed E-state index contributed by atoms with van der Waals surface area (Å²) in [5, 5.41) is 13.1. The van der Waals surface area contributed by atoms with Gasteiger partial charge in [0.25, 0.3) is 0 Å². The topological polar surface area (TPSA) is 49.3 Å². The van der Waals surface area contributed by atoms with Crippen molar-refractivity contribution < 1.29 is 9.90 Å². The highest BCUT2D eigenvalue weighted by Gasteiger charge is 2.17. The molecule has 3 nitrogen and oxygen atoms in total.